The summed E-state index contributed by atoms with van der Waals surface area (Å²) in [7, 11) is 0. The molecule has 1 aliphatic heterocycles. The van der Waals surface area contributed by atoms with Crippen LogP contribution in [0.25, 0.3) is 11.3 Å². The fourth-order valence-corrected chi connectivity index (χ4v) is 3.64. The van der Waals surface area contributed by atoms with Gasteiger partial charge in [0, 0.05) is 23.4 Å². The Morgan fingerprint density at radius 1 is 1.37 bits per heavy atom. The molecule has 1 aliphatic rings. The van der Waals surface area contributed by atoms with E-state index in [0.717, 1.165) is 29.2 Å². The van der Waals surface area contributed by atoms with Gasteiger partial charge in [0.25, 0.3) is 0 Å². The Hall–Kier alpha value is -0.610. The Morgan fingerprint density at radius 3 is 3.05 bits per heavy atom. The lowest BCUT2D eigenvalue weighted by atomic mass is 10.1. The summed E-state index contributed by atoms with van der Waals surface area (Å²) in [6.45, 7) is 1.13. The molecule has 100 valence electrons. The second kappa shape index (κ2) is 5.80. The van der Waals surface area contributed by atoms with E-state index in [4.69, 9.17) is 23.2 Å². The number of nitrogens with one attached hydrogen (secondary N) is 1. The molecule has 0 radical (unpaired) electrons. The van der Waals surface area contributed by atoms with Gasteiger partial charge in [-0.05, 0) is 25.5 Å². The molecule has 1 atom stereocenters. The van der Waals surface area contributed by atoms with Gasteiger partial charge < -0.3 is 5.32 Å². The summed E-state index contributed by atoms with van der Waals surface area (Å²) in [6, 6.07) is 6.24. The van der Waals surface area contributed by atoms with Crippen LogP contribution in [0, 0.1) is 0 Å². The minimum Gasteiger partial charge on any atom is -0.314 e. The first-order chi connectivity index (χ1) is 9.24. The summed E-state index contributed by atoms with van der Waals surface area (Å²) in [5, 5.41) is 7.87. The maximum atomic E-state index is 6.23. The predicted molar refractivity (Wildman–Crippen MR) is 82.3 cm³/mol. The molecule has 1 N–H and O–H groups in total. The van der Waals surface area contributed by atoms with Crippen molar-refractivity contribution in [1.29, 1.82) is 0 Å². The average molecular weight is 313 g/mol. The molecule has 1 aromatic carbocycles. The maximum absolute atomic E-state index is 6.23. The van der Waals surface area contributed by atoms with E-state index in [0.29, 0.717) is 16.1 Å². The van der Waals surface area contributed by atoms with E-state index in [2.05, 4.69) is 15.7 Å². The van der Waals surface area contributed by atoms with Gasteiger partial charge in [-0.1, -0.05) is 35.3 Å². The molecule has 2 nitrogen and oxygen atoms in total. The third-order valence-electron chi connectivity index (χ3n) is 3.36. The summed E-state index contributed by atoms with van der Waals surface area (Å²) < 4.78 is 0. The van der Waals surface area contributed by atoms with Crippen molar-refractivity contribution in [2.45, 2.75) is 25.3 Å². The Morgan fingerprint density at radius 2 is 2.26 bits per heavy atom. The zero-order chi connectivity index (χ0) is 13.2. The Kier molecular flexibility index (Phi) is 4.08. The maximum Gasteiger partial charge on any atom is 0.0948 e. The highest BCUT2D eigenvalue weighted by atomic mass is 35.5. The summed E-state index contributed by atoms with van der Waals surface area (Å²) in [4.78, 5) is 4.68. The second-order valence-electron chi connectivity index (χ2n) is 4.73. The highest BCUT2D eigenvalue weighted by Crippen LogP contribution is 2.34. The molecule has 0 spiro atoms. The number of thiazole rings is 1. The van der Waals surface area contributed by atoms with Crippen LogP contribution >= 0.6 is 34.5 Å². The van der Waals surface area contributed by atoms with Gasteiger partial charge in [0.2, 0.25) is 0 Å². The van der Waals surface area contributed by atoms with Crippen LogP contribution in [0.15, 0.2) is 23.6 Å². The highest BCUT2D eigenvalue weighted by molar-refractivity contribution is 7.10. The van der Waals surface area contributed by atoms with Crippen LogP contribution in [0.5, 0.6) is 0 Å². The second-order valence-corrected chi connectivity index (χ2v) is 6.45. The van der Waals surface area contributed by atoms with Gasteiger partial charge in [0.05, 0.1) is 20.7 Å². The average Bonchev–Trinajstić information content (AvgIpc) is 3.05. The number of hydrogen-bond acceptors (Lipinski definition) is 3. The van der Waals surface area contributed by atoms with Gasteiger partial charge >= 0.3 is 0 Å². The predicted octanol–water partition coefficient (Wildman–Crippen LogP) is 4.41. The van der Waals surface area contributed by atoms with E-state index in [1.807, 2.05) is 12.1 Å². The van der Waals surface area contributed by atoms with E-state index in [1.165, 1.54) is 12.8 Å². The largest absolute Gasteiger partial charge is 0.314 e. The van der Waals surface area contributed by atoms with Crippen LogP contribution in [-0.4, -0.2) is 17.6 Å². The standard InChI is InChI=1S/C14H14Cl2N2S/c15-11-5-1-4-10(14(11)16)12-8-19-13(18-12)7-9-3-2-6-17-9/h1,4-5,8-9,17H,2-3,6-7H2. The molecule has 2 heterocycles. The zero-order valence-electron chi connectivity index (χ0n) is 10.3. The van der Waals surface area contributed by atoms with Gasteiger partial charge in [0.15, 0.2) is 0 Å². The smallest absolute Gasteiger partial charge is 0.0948 e. The number of halogens is 2. The molecule has 1 fully saturated rings. The van der Waals surface area contributed by atoms with Crippen molar-refractivity contribution in [1.82, 2.24) is 10.3 Å². The number of benzene rings is 1. The monoisotopic (exact) mass is 312 g/mol. The lowest BCUT2D eigenvalue weighted by Gasteiger charge is -2.06. The van der Waals surface area contributed by atoms with E-state index >= 15 is 0 Å². The number of hydrogen-bond donors (Lipinski definition) is 1. The highest BCUT2D eigenvalue weighted by Gasteiger charge is 2.17. The van der Waals surface area contributed by atoms with Crippen molar-refractivity contribution in [3.05, 3.63) is 38.6 Å². The molecule has 1 unspecified atom stereocenters. The molecule has 5 heteroatoms. The minimum absolute atomic E-state index is 0.575. The van der Waals surface area contributed by atoms with Crippen LogP contribution in [0.4, 0.5) is 0 Å². The first-order valence-electron chi connectivity index (χ1n) is 6.36. The third-order valence-corrected chi connectivity index (χ3v) is 5.05. The van der Waals surface area contributed by atoms with E-state index < -0.39 is 0 Å². The summed E-state index contributed by atoms with van der Waals surface area (Å²) in [5.74, 6) is 0. The van der Waals surface area contributed by atoms with Crippen molar-refractivity contribution in [3.8, 4) is 11.3 Å². The Bertz CT molecular complexity index is 577. The van der Waals surface area contributed by atoms with E-state index in [9.17, 15) is 0 Å². The van der Waals surface area contributed by atoms with E-state index in [-0.39, 0.29) is 0 Å². The van der Waals surface area contributed by atoms with Crippen molar-refractivity contribution >= 4 is 34.5 Å². The van der Waals surface area contributed by atoms with Crippen molar-refractivity contribution < 1.29 is 0 Å². The lowest BCUT2D eigenvalue weighted by Crippen LogP contribution is -2.23. The first-order valence-corrected chi connectivity index (χ1v) is 8.00. The topological polar surface area (TPSA) is 24.9 Å². The van der Waals surface area contributed by atoms with Crippen molar-refractivity contribution in [3.63, 3.8) is 0 Å². The molecule has 0 amide bonds. The van der Waals surface area contributed by atoms with Gasteiger partial charge in [-0.25, -0.2) is 4.98 Å². The van der Waals surface area contributed by atoms with Crippen molar-refractivity contribution in [2.75, 3.05) is 6.54 Å². The van der Waals surface area contributed by atoms with Crippen LogP contribution in [-0.2, 0) is 6.42 Å². The first kappa shape index (κ1) is 13.4. The fraction of sp³-hybridized carbons (Fsp3) is 0.357. The third kappa shape index (κ3) is 2.95. The zero-order valence-corrected chi connectivity index (χ0v) is 12.7. The van der Waals surface area contributed by atoms with Gasteiger partial charge in [-0.3, -0.25) is 0 Å². The molecule has 1 aromatic heterocycles. The Labute approximate surface area is 126 Å². The molecule has 1 saturated heterocycles. The normalized spacial score (nSPS) is 18.9. The summed E-state index contributed by atoms with van der Waals surface area (Å²) in [5.41, 5.74) is 1.83. The molecule has 19 heavy (non-hydrogen) atoms. The molecular weight excluding hydrogens is 299 g/mol. The van der Waals surface area contributed by atoms with Gasteiger partial charge in [-0.15, -0.1) is 11.3 Å². The Balaban J connectivity index is 1.82. The molecule has 0 bridgehead atoms. The quantitative estimate of drug-likeness (QED) is 0.908. The van der Waals surface area contributed by atoms with Crippen LogP contribution in [0.1, 0.15) is 17.8 Å². The summed E-state index contributed by atoms with van der Waals surface area (Å²) in [6.07, 6.45) is 3.51. The number of rotatable bonds is 3. The lowest BCUT2D eigenvalue weighted by molar-refractivity contribution is 0.601. The molecule has 2 aromatic rings. The van der Waals surface area contributed by atoms with Crippen molar-refractivity contribution in [2.24, 2.45) is 0 Å². The van der Waals surface area contributed by atoms with Gasteiger partial charge in [0.1, 0.15) is 0 Å². The number of nitrogens with zero attached hydrogens (tertiary/aromatic N) is 1. The molecule has 0 saturated carbocycles. The minimum atomic E-state index is 0.575. The van der Waals surface area contributed by atoms with Crippen LogP contribution in [0.2, 0.25) is 10.0 Å². The van der Waals surface area contributed by atoms with E-state index in [1.54, 1.807) is 17.4 Å². The SMILES string of the molecule is Clc1cccc(-c2csc(CC3CCCN3)n2)c1Cl. The summed E-state index contributed by atoms with van der Waals surface area (Å²) >= 11 is 14.0. The van der Waals surface area contributed by atoms with Gasteiger partial charge in [-0.2, -0.15) is 0 Å². The molecular formula is C14H14Cl2N2S. The number of aromatic nitrogens is 1. The van der Waals surface area contributed by atoms with Crippen LogP contribution in [0.3, 0.4) is 0 Å². The fourth-order valence-electron chi connectivity index (χ4n) is 2.37. The van der Waals surface area contributed by atoms with Crippen LogP contribution < -0.4 is 5.32 Å². The molecule has 0 aliphatic carbocycles. The molecule has 3 rings (SSSR count).